The number of aliphatic hydroxyl groups excluding tert-OH is 2. The van der Waals surface area contributed by atoms with Gasteiger partial charge in [0, 0.05) is 23.9 Å². The Hall–Kier alpha value is -3.61. The van der Waals surface area contributed by atoms with Crippen molar-refractivity contribution in [3.05, 3.63) is 66.0 Å². The minimum absolute atomic E-state index is 0.192. The molecule has 4 aromatic rings. The van der Waals surface area contributed by atoms with E-state index in [4.69, 9.17) is 9.97 Å². The van der Waals surface area contributed by atoms with Crippen LogP contribution < -0.4 is 10.6 Å². The molecular weight excluding hydrogens is 528 g/mol. The maximum atomic E-state index is 13.0. The van der Waals surface area contributed by atoms with Crippen molar-refractivity contribution < 1.29 is 15.0 Å². The van der Waals surface area contributed by atoms with Crippen LogP contribution in [0.5, 0.6) is 0 Å². The highest BCUT2D eigenvalue weighted by atomic mass is 32.2. The maximum absolute atomic E-state index is 13.0. The Morgan fingerprint density at radius 2 is 1.90 bits per heavy atom. The summed E-state index contributed by atoms with van der Waals surface area (Å²) in [6.45, 7) is 2.34. The van der Waals surface area contributed by atoms with Crippen molar-refractivity contribution in [1.29, 1.82) is 0 Å². The molecule has 208 valence electrons. The van der Waals surface area contributed by atoms with Crippen LogP contribution in [0.1, 0.15) is 49.4 Å². The number of hydrogen-bond acceptors (Lipinski definition) is 10. The normalized spacial score (nSPS) is 25.7. The van der Waals surface area contributed by atoms with Gasteiger partial charge in [-0.3, -0.25) is 9.78 Å². The third kappa shape index (κ3) is 5.38. The molecular formula is C28H32N8O3S. The van der Waals surface area contributed by atoms with E-state index in [9.17, 15) is 15.0 Å². The number of aliphatic hydroxyl groups is 2. The quantitative estimate of drug-likeness (QED) is 0.168. The van der Waals surface area contributed by atoms with E-state index >= 15 is 0 Å². The smallest absolute Gasteiger partial charge is 0.226 e. The Kier molecular flexibility index (Phi) is 7.63. The number of pyridine rings is 1. The topological polar surface area (TPSA) is 151 Å². The molecule has 6 atom stereocenters. The van der Waals surface area contributed by atoms with Gasteiger partial charge in [-0.15, -0.1) is 5.10 Å². The lowest BCUT2D eigenvalue weighted by molar-refractivity contribution is -0.129. The van der Waals surface area contributed by atoms with E-state index in [0.717, 1.165) is 18.6 Å². The van der Waals surface area contributed by atoms with Crippen LogP contribution in [0, 0.1) is 5.92 Å². The van der Waals surface area contributed by atoms with Gasteiger partial charge in [0.25, 0.3) is 0 Å². The summed E-state index contributed by atoms with van der Waals surface area (Å²) in [6.07, 6.45) is 1.35. The Morgan fingerprint density at radius 1 is 1.07 bits per heavy atom. The van der Waals surface area contributed by atoms with Crippen LogP contribution in [0.3, 0.4) is 0 Å². The first-order valence-electron chi connectivity index (χ1n) is 13.6. The molecule has 4 N–H and O–H groups in total. The summed E-state index contributed by atoms with van der Waals surface area (Å²) in [5, 5.41) is 37.5. The van der Waals surface area contributed by atoms with E-state index < -0.39 is 24.2 Å². The monoisotopic (exact) mass is 560 g/mol. The summed E-state index contributed by atoms with van der Waals surface area (Å²) in [7, 11) is 0. The molecule has 0 aliphatic heterocycles. The number of carbonyl (C=O) groups is 1. The number of rotatable bonds is 10. The minimum Gasteiger partial charge on any atom is -0.390 e. The van der Waals surface area contributed by atoms with E-state index in [1.54, 1.807) is 28.7 Å². The third-order valence-electron chi connectivity index (χ3n) is 7.55. The molecule has 2 saturated carbocycles. The van der Waals surface area contributed by atoms with Gasteiger partial charge in [-0.2, -0.15) is 0 Å². The minimum atomic E-state index is -1.25. The molecule has 12 heteroatoms. The first-order valence-corrected chi connectivity index (χ1v) is 14.6. The highest BCUT2D eigenvalue weighted by Gasteiger charge is 2.47. The standard InChI is InChI=1S/C28H32N8O3S/c1-2-12-40-28-32-25(31-20-13-18(20)16-8-4-3-5-9-16)22-26(33-28)36(35-34-22)21-14-19(23(37)24(21)38)27(39)30-15-17-10-6-7-11-29-17/h3-11,18-21,23-24,37-38H,2,12-15H2,1H3,(H,30,39)(H,31,32,33)/t18?,19-,20?,21+,23+,24-/m1/s1. The summed E-state index contributed by atoms with van der Waals surface area (Å²) in [4.78, 5) is 26.7. The van der Waals surface area contributed by atoms with Crippen molar-refractivity contribution >= 4 is 34.7 Å². The summed E-state index contributed by atoms with van der Waals surface area (Å²) in [5.41, 5.74) is 2.97. The van der Waals surface area contributed by atoms with Crippen LogP contribution in [-0.2, 0) is 11.3 Å². The highest BCUT2D eigenvalue weighted by molar-refractivity contribution is 7.99. The van der Waals surface area contributed by atoms with Crippen molar-refractivity contribution in [2.75, 3.05) is 11.1 Å². The number of thioether (sulfide) groups is 1. The lowest BCUT2D eigenvalue weighted by atomic mass is 10.0. The van der Waals surface area contributed by atoms with Gasteiger partial charge in [-0.05, 0) is 37.0 Å². The van der Waals surface area contributed by atoms with E-state index in [1.807, 2.05) is 30.3 Å². The molecule has 2 aliphatic carbocycles. The molecule has 40 heavy (non-hydrogen) atoms. The van der Waals surface area contributed by atoms with Gasteiger partial charge in [-0.25, -0.2) is 14.6 Å². The van der Waals surface area contributed by atoms with Crippen LogP contribution in [0.15, 0.2) is 59.9 Å². The molecule has 0 spiro atoms. The fraction of sp³-hybridized carbons (Fsp3) is 0.429. The lowest BCUT2D eigenvalue weighted by Crippen LogP contribution is -2.38. The zero-order valence-electron chi connectivity index (χ0n) is 22.1. The third-order valence-corrected chi connectivity index (χ3v) is 8.60. The van der Waals surface area contributed by atoms with Crippen LogP contribution in [0.4, 0.5) is 5.82 Å². The van der Waals surface area contributed by atoms with Crippen molar-refractivity contribution in [2.45, 2.75) is 68.1 Å². The first-order chi connectivity index (χ1) is 19.5. The van der Waals surface area contributed by atoms with Crippen molar-refractivity contribution in [3.63, 3.8) is 0 Å². The number of anilines is 1. The molecule has 6 rings (SSSR count). The van der Waals surface area contributed by atoms with E-state index in [-0.39, 0.29) is 24.9 Å². The molecule has 1 aromatic carbocycles. The number of nitrogens with zero attached hydrogens (tertiary/aromatic N) is 6. The molecule has 2 aliphatic rings. The zero-order valence-corrected chi connectivity index (χ0v) is 22.9. The number of carbonyl (C=O) groups excluding carboxylic acids is 1. The van der Waals surface area contributed by atoms with Gasteiger partial charge < -0.3 is 20.8 Å². The van der Waals surface area contributed by atoms with Gasteiger partial charge in [0.1, 0.15) is 6.10 Å². The van der Waals surface area contributed by atoms with Crippen LogP contribution in [-0.4, -0.2) is 70.1 Å². The number of benzene rings is 1. The SMILES string of the molecule is CCCSc1nc(NC2CC2c2ccccc2)c2nnn([C@H]3C[C@@H](C(=O)NCc4ccccn4)[C@H](O)[C@@H]3O)c2n1. The molecule has 0 saturated heterocycles. The molecule has 3 heterocycles. The number of amides is 1. The van der Waals surface area contributed by atoms with E-state index in [2.05, 4.69) is 45.0 Å². The average Bonchev–Trinajstić information content (AvgIpc) is 3.53. The highest BCUT2D eigenvalue weighted by Crippen LogP contribution is 2.43. The van der Waals surface area contributed by atoms with Crippen molar-refractivity contribution in [3.8, 4) is 0 Å². The van der Waals surface area contributed by atoms with Crippen LogP contribution in [0.25, 0.3) is 11.2 Å². The largest absolute Gasteiger partial charge is 0.390 e. The zero-order chi connectivity index (χ0) is 27.6. The molecule has 2 unspecified atom stereocenters. The Bertz CT molecular complexity index is 1470. The molecule has 0 radical (unpaired) electrons. The molecule has 2 fully saturated rings. The van der Waals surface area contributed by atoms with E-state index in [1.165, 1.54) is 5.56 Å². The second kappa shape index (κ2) is 11.5. The summed E-state index contributed by atoms with van der Waals surface area (Å²) in [6, 6.07) is 15.4. The number of aromatic nitrogens is 6. The maximum Gasteiger partial charge on any atom is 0.226 e. The number of nitrogens with one attached hydrogen (secondary N) is 2. The summed E-state index contributed by atoms with van der Waals surface area (Å²) in [5.74, 6) is 0.697. The molecule has 1 amide bonds. The fourth-order valence-electron chi connectivity index (χ4n) is 5.31. The second-order valence-electron chi connectivity index (χ2n) is 10.3. The average molecular weight is 561 g/mol. The van der Waals surface area contributed by atoms with Gasteiger partial charge in [0.05, 0.1) is 30.3 Å². The summed E-state index contributed by atoms with van der Waals surface area (Å²) >= 11 is 1.55. The predicted octanol–water partition coefficient (Wildman–Crippen LogP) is 2.69. The lowest BCUT2D eigenvalue weighted by Gasteiger charge is -2.17. The van der Waals surface area contributed by atoms with Gasteiger partial charge >= 0.3 is 0 Å². The molecule has 3 aromatic heterocycles. The van der Waals surface area contributed by atoms with Crippen LogP contribution in [0.2, 0.25) is 0 Å². The first kappa shape index (κ1) is 26.6. The van der Waals surface area contributed by atoms with Gasteiger partial charge in [0.15, 0.2) is 22.1 Å². The predicted molar refractivity (Wildman–Crippen MR) is 151 cm³/mol. The van der Waals surface area contributed by atoms with E-state index in [0.29, 0.717) is 33.8 Å². The summed E-state index contributed by atoms with van der Waals surface area (Å²) < 4.78 is 1.54. The van der Waals surface area contributed by atoms with Gasteiger partial charge in [-0.1, -0.05) is 60.3 Å². The molecule has 0 bridgehead atoms. The number of hydrogen-bond donors (Lipinski definition) is 4. The van der Waals surface area contributed by atoms with Crippen molar-refractivity contribution in [1.82, 2.24) is 35.3 Å². The molecule has 11 nitrogen and oxygen atoms in total. The Balaban J connectivity index is 1.23. The Labute approximate surface area is 235 Å². The van der Waals surface area contributed by atoms with Crippen molar-refractivity contribution in [2.24, 2.45) is 5.92 Å². The fourth-order valence-corrected chi connectivity index (χ4v) is 6.01. The van der Waals surface area contributed by atoms with Crippen LogP contribution >= 0.6 is 11.8 Å². The van der Waals surface area contributed by atoms with Gasteiger partial charge in [0.2, 0.25) is 5.91 Å². The Morgan fingerprint density at radius 3 is 2.67 bits per heavy atom. The second-order valence-corrected chi connectivity index (χ2v) is 11.4. The number of fused-ring (bicyclic) bond motifs is 1.